The standard InChI is InChI=1S/C21H27N5O/c1-12(17-10-24-11-20(22-4)13(17)2)18-8-15(14(3)25-16-6-7-16)9-19(26-18)21(27)23-5/h8-12,16,22,25H,3,6-7H2,1-2,4-5H3,(H,23,27)/t12-/m0/s1. The summed E-state index contributed by atoms with van der Waals surface area (Å²) in [7, 11) is 3.50. The van der Waals surface area contributed by atoms with Gasteiger partial charge in [-0.05, 0) is 43.0 Å². The van der Waals surface area contributed by atoms with Gasteiger partial charge in [0.25, 0.3) is 5.91 Å². The first-order valence-corrected chi connectivity index (χ1v) is 9.26. The predicted octanol–water partition coefficient (Wildman–Crippen LogP) is 3.06. The maximum atomic E-state index is 12.3. The third-order valence-corrected chi connectivity index (χ3v) is 5.04. The Morgan fingerprint density at radius 2 is 2.00 bits per heavy atom. The van der Waals surface area contributed by atoms with Crippen LogP contribution in [0, 0.1) is 6.92 Å². The second-order valence-electron chi connectivity index (χ2n) is 7.02. The molecule has 0 unspecified atom stereocenters. The fraction of sp³-hybridized carbons (Fsp3) is 0.381. The van der Waals surface area contributed by atoms with Crippen LogP contribution < -0.4 is 16.0 Å². The molecule has 0 aromatic carbocycles. The minimum Gasteiger partial charge on any atom is -0.387 e. The van der Waals surface area contributed by atoms with Crippen LogP contribution in [0.1, 0.15) is 58.6 Å². The van der Waals surface area contributed by atoms with Gasteiger partial charge in [0.1, 0.15) is 5.69 Å². The molecule has 2 aromatic heterocycles. The molecular formula is C21H27N5O. The van der Waals surface area contributed by atoms with E-state index in [2.05, 4.69) is 46.3 Å². The molecule has 0 bridgehead atoms. The van der Waals surface area contributed by atoms with Crippen molar-refractivity contribution in [3.05, 3.63) is 59.2 Å². The Bertz CT molecular complexity index is 873. The van der Waals surface area contributed by atoms with E-state index >= 15 is 0 Å². The summed E-state index contributed by atoms with van der Waals surface area (Å²) in [5, 5.41) is 9.24. The summed E-state index contributed by atoms with van der Waals surface area (Å²) < 4.78 is 0. The molecule has 3 rings (SSSR count). The maximum absolute atomic E-state index is 12.3. The van der Waals surface area contributed by atoms with Crippen molar-refractivity contribution in [2.24, 2.45) is 0 Å². The highest BCUT2D eigenvalue weighted by molar-refractivity contribution is 5.93. The van der Waals surface area contributed by atoms with Gasteiger partial charge in [-0.3, -0.25) is 9.78 Å². The van der Waals surface area contributed by atoms with Crippen LogP contribution in [0.2, 0.25) is 0 Å². The molecule has 1 fully saturated rings. The van der Waals surface area contributed by atoms with Crippen molar-refractivity contribution in [2.75, 3.05) is 19.4 Å². The van der Waals surface area contributed by atoms with E-state index in [4.69, 9.17) is 0 Å². The molecule has 27 heavy (non-hydrogen) atoms. The molecule has 0 aliphatic heterocycles. The fourth-order valence-corrected chi connectivity index (χ4v) is 3.14. The molecule has 1 aliphatic carbocycles. The van der Waals surface area contributed by atoms with Crippen LogP contribution in [-0.2, 0) is 0 Å². The summed E-state index contributed by atoms with van der Waals surface area (Å²) in [6, 6.07) is 4.30. The Morgan fingerprint density at radius 3 is 2.63 bits per heavy atom. The van der Waals surface area contributed by atoms with Gasteiger partial charge < -0.3 is 16.0 Å². The Hall–Kier alpha value is -2.89. The van der Waals surface area contributed by atoms with Gasteiger partial charge >= 0.3 is 0 Å². The van der Waals surface area contributed by atoms with Crippen LogP contribution in [0.4, 0.5) is 5.69 Å². The first-order valence-electron chi connectivity index (χ1n) is 9.26. The molecule has 0 radical (unpaired) electrons. The van der Waals surface area contributed by atoms with Crippen molar-refractivity contribution in [3.8, 4) is 0 Å². The SMILES string of the molecule is C=C(NC1CC1)c1cc(C(=O)NC)nc([C@@H](C)c2cncc(NC)c2C)c1. The van der Waals surface area contributed by atoms with Gasteiger partial charge in [0.2, 0.25) is 0 Å². The van der Waals surface area contributed by atoms with E-state index in [1.165, 1.54) is 0 Å². The second-order valence-corrected chi connectivity index (χ2v) is 7.02. The molecule has 1 atom stereocenters. The number of amides is 1. The van der Waals surface area contributed by atoms with Crippen LogP contribution in [-0.4, -0.2) is 36.0 Å². The second kappa shape index (κ2) is 7.78. The van der Waals surface area contributed by atoms with Crippen molar-refractivity contribution in [1.82, 2.24) is 20.6 Å². The monoisotopic (exact) mass is 365 g/mol. The number of carbonyl (C=O) groups is 1. The average molecular weight is 365 g/mol. The number of rotatable bonds is 7. The van der Waals surface area contributed by atoms with Crippen molar-refractivity contribution < 1.29 is 4.79 Å². The molecule has 142 valence electrons. The number of aromatic nitrogens is 2. The lowest BCUT2D eigenvalue weighted by molar-refractivity contribution is 0.0958. The number of nitrogens with zero attached hydrogens (tertiary/aromatic N) is 2. The number of pyridine rings is 2. The van der Waals surface area contributed by atoms with Gasteiger partial charge in [-0.2, -0.15) is 0 Å². The smallest absolute Gasteiger partial charge is 0.269 e. The molecule has 3 N–H and O–H groups in total. The topological polar surface area (TPSA) is 78.9 Å². The lowest BCUT2D eigenvalue weighted by atomic mass is 9.93. The van der Waals surface area contributed by atoms with Gasteiger partial charge in [-0.1, -0.05) is 13.5 Å². The van der Waals surface area contributed by atoms with Gasteiger partial charge in [0.05, 0.1) is 11.9 Å². The number of hydrogen-bond donors (Lipinski definition) is 3. The van der Waals surface area contributed by atoms with Crippen molar-refractivity contribution in [3.63, 3.8) is 0 Å². The molecule has 1 amide bonds. The third kappa shape index (κ3) is 4.10. The maximum Gasteiger partial charge on any atom is 0.269 e. The first-order chi connectivity index (χ1) is 12.9. The molecule has 6 heteroatoms. The minimum absolute atomic E-state index is 0.0112. The van der Waals surface area contributed by atoms with Crippen LogP contribution in [0.25, 0.3) is 5.70 Å². The van der Waals surface area contributed by atoms with E-state index in [-0.39, 0.29) is 11.8 Å². The zero-order valence-electron chi connectivity index (χ0n) is 16.4. The molecule has 2 aromatic rings. The summed E-state index contributed by atoms with van der Waals surface area (Å²) >= 11 is 0. The summed E-state index contributed by atoms with van der Waals surface area (Å²) in [5.41, 5.74) is 6.14. The highest BCUT2D eigenvalue weighted by Crippen LogP contribution is 2.30. The Balaban J connectivity index is 2.02. The quantitative estimate of drug-likeness (QED) is 0.703. The molecule has 6 nitrogen and oxygen atoms in total. The van der Waals surface area contributed by atoms with E-state index in [0.717, 1.165) is 46.6 Å². The number of anilines is 1. The summed E-state index contributed by atoms with van der Waals surface area (Å²) in [6.07, 6.45) is 6.01. The van der Waals surface area contributed by atoms with Crippen molar-refractivity contribution in [1.29, 1.82) is 0 Å². The largest absolute Gasteiger partial charge is 0.387 e. The van der Waals surface area contributed by atoms with Crippen LogP contribution in [0.5, 0.6) is 0 Å². The zero-order chi connectivity index (χ0) is 19.6. The van der Waals surface area contributed by atoms with E-state index in [1.807, 2.05) is 25.5 Å². The first kappa shape index (κ1) is 18.9. The van der Waals surface area contributed by atoms with E-state index in [9.17, 15) is 4.79 Å². The third-order valence-electron chi connectivity index (χ3n) is 5.04. The van der Waals surface area contributed by atoms with E-state index < -0.39 is 0 Å². The molecule has 1 aliphatic rings. The lowest BCUT2D eigenvalue weighted by Crippen LogP contribution is -2.21. The lowest BCUT2D eigenvalue weighted by Gasteiger charge is -2.19. The minimum atomic E-state index is -0.205. The average Bonchev–Trinajstić information content (AvgIpc) is 3.50. The fourth-order valence-electron chi connectivity index (χ4n) is 3.14. The Labute approximate surface area is 160 Å². The van der Waals surface area contributed by atoms with E-state index in [0.29, 0.717) is 11.7 Å². The van der Waals surface area contributed by atoms with Gasteiger partial charge in [0.15, 0.2) is 0 Å². The molecule has 2 heterocycles. The van der Waals surface area contributed by atoms with Gasteiger partial charge in [-0.25, -0.2) is 4.98 Å². The highest BCUT2D eigenvalue weighted by atomic mass is 16.1. The summed E-state index contributed by atoms with van der Waals surface area (Å²) in [4.78, 5) is 21.2. The number of hydrogen-bond acceptors (Lipinski definition) is 5. The molecular weight excluding hydrogens is 338 g/mol. The van der Waals surface area contributed by atoms with Crippen molar-refractivity contribution >= 4 is 17.3 Å². The Morgan fingerprint density at radius 1 is 1.26 bits per heavy atom. The van der Waals surface area contributed by atoms with Crippen molar-refractivity contribution in [2.45, 2.75) is 38.6 Å². The molecule has 0 saturated heterocycles. The zero-order valence-corrected chi connectivity index (χ0v) is 16.4. The summed E-state index contributed by atoms with van der Waals surface area (Å²) in [5.74, 6) is -0.216. The predicted molar refractivity (Wildman–Crippen MR) is 109 cm³/mol. The van der Waals surface area contributed by atoms with Crippen LogP contribution in [0.15, 0.2) is 31.1 Å². The van der Waals surface area contributed by atoms with E-state index in [1.54, 1.807) is 13.1 Å². The Kier molecular flexibility index (Phi) is 5.44. The normalized spacial score (nSPS) is 14.4. The van der Waals surface area contributed by atoms with Gasteiger partial charge in [0, 0.05) is 49.2 Å². The van der Waals surface area contributed by atoms with Crippen LogP contribution >= 0.6 is 0 Å². The number of nitrogens with one attached hydrogen (secondary N) is 3. The molecule has 1 saturated carbocycles. The highest BCUT2D eigenvalue weighted by Gasteiger charge is 2.23. The summed E-state index contributed by atoms with van der Waals surface area (Å²) in [6.45, 7) is 8.31. The molecule has 0 spiro atoms. The number of carbonyl (C=O) groups excluding carboxylic acids is 1. The van der Waals surface area contributed by atoms with Gasteiger partial charge in [-0.15, -0.1) is 0 Å². The van der Waals surface area contributed by atoms with Crippen LogP contribution in [0.3, 0.4) is 0 Å².